The first-order valence-electron chi connectivity index (χ1n) is 6.21. The van der Waals surface area contributed by atoms with Crippen LogP contribution in [0.5, 0.6) is 0 Å². The maximum Gasteiger partial charge on any atom is 0.328 e. The molecule has 114 valence electrons. The molecule has 0 heterocycles. The van der Waals surface area contributed by atoms with E-state index in [-0.39, 0.29) is 31.9 Å². The summed E-state index contributed by atoms with van der Waals surface area (Å²) in [5.41, 5.74) is 0.103. The van der Waals surface area contributed by atoms with Crippen molar-refractivity contribution in [3.05, 3.63) is 41.2 Å². The molecule has 7 heteroatoms. The second-order valence-electron chi connectivity index (χ2n) is 4.15. The number of carboxylic acids is 1. The van der Waals surface area contributed by atoms with Gasteiger partial charge in [-0.25, -0.2) is 9.18 Å². The van der Waals surface area contributed by atoms with E-state index in [2.05, 4.69) is 0 Å². The standard InChI is InChI=1S/C14H16FNO5/c15-12-9-10(2-4-13(19)20)1-3-11(12)14(21)16(5-7-17)6-8-18/h1-4,9,17-18H,5-8H2,(H,19,20). The summed E-state index contributed by atoms with van der Waals surface area (Å²) in [4.78, 5) is 23.6. The molecule has 0 bridgehead atoms. The number of benzene rings is 1. The summed E-state index contributed by atoms with van der Waals surface area (Å²) in [6.45, 7) is -0.626. The fourth-order valence-corrected chi connectivity index (χ4v) is 1.70. The molecule has 1 amide bonds. The van der Waals surface area contributed by atoms with Crippen molar-refractivity contribution in [2.45, 2.75) is 0 Å². The van der Waals surface area contributed by atoms with E-state index < -0.39 is 17.7 Å². The molecular weight excluding hydrogens is 281 g/mol. The predicted octanol–water partition coefficient (Wildman–Crippen LogP) is 0.350. The minimum atomic E-state index is -1.16. The Hall–Kier alpha value is -2.25. The molecule has 0 atom stereocenters. The van der Waals surface area contributed by atoms with Gasteiger partial charge in [0.05, 0.1) is 18.8 Å². The highest BCUT2D eigenvalue weighted by Crippen LogP contribution is 2.14. The molecular formula is C14H16FNO5. The summed E-state index contributed by atoms with van der Waals surface area (Å²) >= 11 is 0. The van der Waals surface area contributed by atoms with Gasteiger partial charge in [0, 0.05) is 19.2 Å². The molecule has 21 heavy (non-hydrogen) atoms. The fourth-order valence-electron chi connectivity index (χ4n) is 1.70. The molecule has 0 aliphatic rings. The molecule has 0 saturated heterocycles. The Morgan fingerprint density at radius 3 is 2.29 bits per heavy atom. The smallest absolute Gasteiger partial charge is 0.328 e. The van der Waals surface area contributed by atoms with Gasteiger partial charge in [0.25, 0.3) is 5.91 Å². The van der Waals surface area contributed by atoms with Gasteiger partial charge >= 0.3 is 5.97 Å². The highest BCUT2D eigenvalue weighted by molar-refractivity contribution is 5.95. The van der Waals surface area contributed by atoms with Crippen LogP contribution in [0.2, 0.25) is 0 Å². The molecule has 0 radical (unpaired) electrons. The summed E-state index contributed by atoms with van der Waals surface area (Å²) in [6, 6.07) is 3.69. The molecule has 0 saturated carbocycles. The van der Waals surface area contributed by atoms with Crippen molar-refractivity contribution in [3.8, 4) is 0 Å². The van der Waals surface area contributed by atoms with Crippen LogP contribution in [0.25, 0.3) is 6.08 Å². The number of carbonyl (C=O) groups is 2. The van der Waals surface area contributed by atoms with Crippen LogP contribution in [0.4, 0.5) is 4.39 Å². The lowest BCUT2D eigenvalue weighted by Gasteiger charge is -2.21. The van der Waals surface area contributed by atoms with Crippen molar-refractivity contribution in [1.29, 1.82) is 0 Å². The SMILES string of the molecule is O=C(O)C=Cc1ccc(C(=O)N(CCO)CCO)c(F)c1. The number of aliphatic hydroxyl groups is 2. The molecule has 1 rings (SSSR count). The van der Waals surface area contributed by atoms with E-state index in [1.807, 2.05) is 0 Å². The molecule has 0 fully saturated rings. The van der Waals surface area contributed by atoms with Crippen molar-refractivity contribution in [2.75, 3.05) is 26.3 Å². The molecule has 6 nitrogen and oxygen atoms in total. The first-order valence-corrected chi connectivity index (χ1v) is 6.21. The number of rotatable bonds is 7. The van der Waals surface area contributed by atoms with Crippen LogP contribution in [0.1, 0.15) is 15.9 Å². The summed E-state index contributed by atoms with van der Waals surface area (Å²) in [5, 5.41) is 26.2. The molecule has 1 aromatic carbocycles. The van der Waals surface area contributed by atoms with Crippen LogP contribution in [-0.2, 0) is 4.79 Å². The second-order valence-corrected chi connectivity index (χ2v) is 4.15. The van der Waals surface area contributed by atoms with Crippen LogP contribution in [0.3, 0.4) is 0 Å². The normalized spacial score (nSPS) is 10.8. The van der Waals surface area contributed by atoms with Gasteiger partial charge < -0.3 is 20.2 Å². The van der Waals surface area contributed by atoms with Crippen LogP contribution in [0.15, 0.2) is 24.3 Å². The predicted molar refractivity (Wildman–Crippen MR) is 73.1 cm³/mol. The van der Waals surface area contributed by atoms with E-state index in [0.29, 0.717) is 5.56 Å². The zero-order valence-electron chi connectivity index (χ0n) is 11.2. The molecule has 1 aromatic rings. The average Bonchev–Trinajstić information content (AvgIpc) is 2.44. The van der Waals surface area contributed by atoms with Crippen molar-refractivity contribution >= 4 is 18.0 Å². The third kappa shape index (κ3) is 4.97. The third-order valence-electron chi connectivity index (χ3n) is 2.67. The van der Waals surface area contributed by atoms with Crippen LogP contribution < -0.4 is 0 Å². The Kier molecular flexibility index (Phi) is 6.51. The van der Waals surface area contributed by atoms with E-state index in [9.17, 15) is 14.0 Å². The van der Waals surface area contributed by atoms with Crippen LogP contribution in [-0.4, -0.2) is 58.4 Å². The summed E-state index contributed by atoms with van der Waals surface area (Å²) in [7, 11) is 0. The Morgan fingerprint density at radius 1 is 1.19 bits per heavy atom. The largest absolute Gasteiger partial charge is 0.478 e. The number of nitrogens with zero attached hydrogens (tertiary/aromatic N) is 1. The lowest BCUT2D eigenvalue weighted by atomic mass is 10.1. The number of halogens is 1. The zero-order chi connectivity index (χ0) is 15.8. The second kappa shape index (κ2) is 8.13. The molecule has 0 spiro atoms. The number of aliphatic hydroxyl groups excluding tert-OH is 2. The number of amides is 1. The number of carboxylic acid groups (broad SMARTS) is 1. The van der Waals surface area contributed by atoms with Crippen LogP contribution in [0, 0.1) is 5.82 Å². The van der Waals surface area contributed by atoms with E-state index in [4.69, 9.17) is 15.3 Å². The van der Waals surface area contributed by atoms with Gasteiger partial charge in [-0.1, -0.05) is 6.07 Å². The van der Waals surface area contributed by atoms with Crippen LogP contribution >= 0.6 is 0 Å². The lowest BCUT2D eigenvalue weighted by Crippen LogP contribution is -2.36. The first-order chi connectivity index (χ1) is 9.99. The number of hydrogen-bond donors (Lipinski definition) is 3. The number of carbonyl (C=O) groups excluding carboxylic acids is 1. The highest BCUT2D eigenvalue weighted by Gasteiger charge is 2.18. The van der Waals surface area contributed by atoms with E-state index in [1.54, 1.807) is 0 Å². The van der Waals surface area contributed by atoms with Gasteiger partial charge in [-0.15, -0.1) is 0 Å². The highest BCUT2D eigenvalue weighted by atomic mass is 19.1. The van der Waals surface area contributed by atoms with E-state index in [0.717, 1.165) is 17.0 Å². The van der Waals surface area contributed by atoms with E-state index in [1.165, 1.54) is 18.2 Å². The fraction of sp³-hybridized carbons (Fsp3) is 0.286. The van der Waals surface area contributed by atoms with Crippen molar-refractivity contribution < 1.29 is 29.3 Å². The van der Waals surface area contributed by atoms with Crippen molar-refractivity contribution in [3.63, 3.8) is 0 Å². The van der Waals surface area contributed by atoms with Gasteiger partial charge in [-0.2, -0.15) is 0 Å². The maximum absolute atomic E-state index is 13.9. The Balaban J connectivity index is 2.97. The molecule has 0 aliphatic heterocycles. The van der Waals surface area contributed by atoms with Gasteiger partial charge in [0.15, 0.2) is 0 Å². The Labute approximate surface area is 120 Å². The molecule has 3 N–H and O–H groups in total. The number of aliphatic carboxylic acids is 1. The summed E-state index contributed by atoms with van der Waals surface area (Å²) in [5.74, 6) is -2.61. The van der Waals surface area contributed by atoms with Gasteiger partial charge in [-0.3, -0.25) is 4.79 Å². The summed E-state index contributed by atoms with van der Waals surface area (Å²) < 4.78 is 13.9. The van der Waals surface area contributed by atoms with Gasteiger partial charge in [0.1, 0.15) is 5.82 Å². The van der Waals surface area contributed by atoms with Crippen molar-refractivity contribution in [1.82, 2.24) is 4.90 Å². The minimum Gasteiger partial charge on any atom is -0.478 e. The monoisotopic (exact) mass is 297 g/mol. The molecule has 0 aromatic heterocycles. The Bertz CT molecular complexity index is 538. The third-order valence-corrected chi connectivity index (χ3v) is 2.67. The Morgan fingerprint density at radius 2 is 1.81 bits per heavy atom. The quantitative estimate of drug-likeness (QED) is 0.631. The average molecular weight is 297 g/mol. The number of hydrogen-bond acceptors (Lipinski definition) is 4. The minimum absolute atomic E-state index is 0.0144. The van der Waals surface area contributed by atoms with Crippen molar-refractivity contribution in [2.24, 2.45) is 0 Å². The molecule has 0 aliphatic carbocycles. The summed E-state index contributed by atoms with van der Waals surface area (Å²) in [6.07, 6.45) is 2.07. The first kappa shape index (κ1) is 16.8. The lowest BCUT2D eigenvalue weighted by molar-refractivity contribution is -0.131. The molecule has 0 unspecified atom stereocenters. The maximum atomic E-state index is 13.9. The van der Waals surface area contributed by atoms with E-state index >= 15 is 0 Å². The topological polar surface area (TPSA) is 98.1 Å². The zero-order valence-corrected chi connectivity index (χ0v) is 11.2. The van der Waals surface area contributed by atoms with Gasteiger partial charge in [-0.05, 0) is 23.8 Å². The van der Waals surface area contributed by atoms with Gasteiger partial charge in [0.2, 0.25) is 0 Å².